The van der Waals surface area contributed by atoms with Crippen LogP contribution in [-0.2, 0) is 16.1 Å². The lowest BCUT2D eigenvalue weighted by molar-refractivity contribution is -0.115. The first-order valence-electron chi connectivity index (χ1n) is 10.3. The number of ether oxygens (including phenoxy) is 1. The van der Waals surface area contributed by atoms with Crippen molar-refractivity contribution in [3.8, 4) is 0 Å². The van der Waals surface area contributed by atoms with Crippen LogP contribution in [0.5, 0.6) is 0 Å². The summed E-state index contributed by atoms with van der Waals surface area (Å²) in [5.41, 5.74) is 4.18. The van der Waals surface area contributed by atoms with Gasteiger partial charge in [0, 0.05) is 36.7 Å². The number of nitrogens with zero attached hydrogens (tertiary/aromatic N) is 3. The number of morpholine rings is 1. The number of nitrogens with one attached hydrogen (secondary N) is 1. The van der Waals surface area contributed by atoms with Crippen molar-refractivity contribution >= 4 is 29.0 Å². The van der Waals surface area contributed by atoms with Gasteiger partial charge in [-0.25, -0.2) is 4.98 Å². The number of rotatable bonds is 7. The van der Waals surface area contributed by atoms with Crippen LogP contribution in [0.25, 0.3) is 0 Å². The number of aromatic nitrogens is 2. The van der Waals surface area contributed by atoms with Crippen molar-refractivity contribution in [1.82, 2.24) is 9.55 Å². The van der Waals surface area contributed by atoms with E-state index >= 15 is 0 Å². The van der Waals surface area contributed by atoms with E-state index in [1.165, 1.54) is 17.5 Å². The fraction of sp³-hybridized carbons (Fsp3) is 0.545. The van der Waals surface area contributed by atoms with Crippen molar-refractivity contribution in [3.63, 3.8) is 0 Å². The Hall–Kier alpha value is -1.99. The van der Waals surface area contributed by atoms with Crippen LogP contribution in [0.15, 0.2) is 29.4 Å². The van der Waals surface area contributed by atoms with Crippen LogP contribution >= 0.6 is 11.8 Å². The Morgan fingerprint density at radius 2 is 1.83 bits per heavy atom. The van der Waals surface area contributed by atoms with E-state index in [-0.39, 0.29) is 11.2 Å². The van der Waals surface area contributed by atoms with Crippen LogP contribution in [0.3, 0.4) is 0 Å². The second-order valence-corrected chi connectivity index (χ2v) is 9.27. The number of hydrogen-bond acceptors (Lipinski definition) is 5. The first kappa shape index (κ1) is 21.7. The zero-order valence-electron chi connectivity index (χ0n) is 18.1. The molecule has 1 atom stereocenters. The van der Waals surface area contributed by atoms with E-state index in [1.807, 2.05) is 26.0 Å². The minimum Gasteiger partial charge on any atom is -0.378 e. The summed E-state index contributed by atoms with van der Waals surface area (Å²) in [6.45, 7) is 14.7. The lowest BCUT2D eigenvalue weighted by Crippen LogP contribution is -2.36. The van der Waals surface area contributed by atoms with E-state index in [0.29, 0.717) is 5.92 Å². The molecule has 0 saturated carbocycles. The van der Waals surface area contributed by atoms with Crippen LogP contribution in [-0.4, -0.2) is 47.0 Å². The number of aryl methyl sites for hydroxylation is 1. The predicted molar refractivity (Wildman–Crippen MR) is 120 cm³/mol. The molecule has 2 heterocycles. The summed E-state index contributed by atoms with van der Waals surface area (Å²) in [7, 11) is 0. The molecule has 1 aromatic heterocycles. The molecule has 0 aliphatic carbocycles. The number of hydrogen-bond donors (Lipinski definition) is 1. The second kappa shape index (κ2) is 9.67. The third-order valence-corrected chi connectivity index (χ3v) is 6.22. The summed E-state index contributed by atoms with van der Waals surface area (Å²) < 4.78 is 7.63. The number of carbonyl (C=O) groups is 1. The Balaban J connectivity index is 1.61. The fourth-order valence-corrected chi connectivity index (χ4v) is 4.34. The standard InChI is InChI=1S/C22H32N4O2S/c1-15(2)14-26-17(4)16(3)23-22(26)29-18(5)21(27)24-19-6-8-20(9-7-19)25-10-12-28-13-11-25/h6-9,15,18H,10-14H2,1-5H3,(H,24,27). The molecule has 6 nitrogen and oxygen atoms in total. The van der Waals surface area contributed by atoms with Gasteiger partial charge in [0.25, 0.3) is 0 Å². The quantitative estimate of drug-likeness (QED) is 0.688. The molecule has 7 heteroatoms. The molecule has 3 rings (SSSR count). The maximum atomic E-state index is 12.7. The van der Waals surface area contributed by atoms with E-state index in [4.69, 9.17) is 4.74 Å². The topological polar surface area (TPSA) is 59.4 Å². The van der Waals surface area contributed by atoms with E-state index in [2.05, 4.69) is 52.7 Å². The first-order valence-corrected chi connectivity index (χ1v) is 11.2. The fourth-order valence-electron chi connectivity index (χ4n) is 3.33. The van der Waals surface area contributed by atoms with Crippen LogP contribution < -0.4 is 10.2 Å². The number of anilines is 2. The minimum atomic E-state index is -0.235. The van der Waals surface area contributed by atoms with Gasteiger partial charge < -0.3 is 19.5 Å². The third kappa shape index (κ3) is 5.54. The Labute approximate surface area is 178 Å². The SMILES string of the molecule is Cc1nc(SC(C)C(=O)Nc2ccc(N3CCOCC3)cc2)n(CC(C)C)c1C. The molecule has 1 aliphatic heterocycles. The van der Waals surface area contributed by atoms with Crippen LogP contribution in [0, 0.1) is 19.8 Å². The molecule has 158 valence electrons. The molecule has 0 radical (unpaired) electrons. The van der Waals surface area contributed by atoms with Crippen molar-refractivity contribution in [1.29, 1.82) is 0 Å². The molecule has 1 amide bonds. The average Bonchev–Trinajstić information content (AvgIpc) is 2.96. The van der Waals surface area contributed by atoms with Gasteiger partial charge in [-0.15, -0.1) is 0 Å². The molecule has 1 fully saturated rings. The number of amides is 1. The van der Waals surface area contributed by atoms with Crippen LogP contribution in [0.4, 0.5) is 11.4 Å². The van der Waals surface area contributed by atoms with Gasteiger partial charge in [0.1, 0.15) is 0 Å². The van der Waals surface area contributed by atoms with Crippen LogP contribution in [0.1, 0.15) is 32.2 Å². The zero-order valence-corrected chi connectivity index (χ0v) is 18.9. The largest absolute Gasteiger partial charge is 0.378 e. The summed E-state index contributed by atoms with van der Waals surface area (Å²) in [4.78, 5) is 19.7. The summed E-state index contributed by atoms with van der Waals surface area (Å²) in [5.74, 6) is 0.513. The van der Waals surface area contributed by atoms with Gasteiger partial charge in [0.05, 0.1) is 24.2 Å². The molecule has 2 aromatic rings. The molecule has 1 unspecified atom stereocenters. The Bertz CT molecular complexity index is 826. The van der Waals surface area contributed by atoms with Crippen LogP contribution in [0.2, 0.25) is 0 Å². The molecule has 0 spiro atoms. The second-order valence-electron chi connectivity index (χ2n) is 7.97. The smallest absolute Gasteiger partial charge is 0.237 e. The lowest BCUT2D eigenvalue weighted by Gasteiger charge is -2.28. The Kier molecular flexibility index (Phi) is 7.24. The number of carbonyl (C=O) groups excluding carboxylic acids is 1. The minimum absolute atomic E-state index is 0.0106. The summed E-state index contributed by atoms with van der Waals surface area (Å²) in [6, 6.07) is 8.05. The van der Waals surface area contributed by atoms with Gasteiger partial charge in [-0.2, -0.15) is 0 Å². The highest BCUT2D eigenvalue weighted by Crippen LogP contribution is 2.27. The first-order chi connectivity index (χ1) is 13.8. The molecule has 29 heavy (non-hydrogen) atoms. The predicted octanol–water partition coefficient (Wildman–Crippen LogP) is 4.11. The summed E-state index contributed by atoms with van der Waals surface area (Å²) in [6.07, 6.45) is 0. The average molecular weight is 417 g/mol. The van der Waals surface area contributed by atoms with E-state index < -0.39 is 0 Å². The highest BCUT2D eigenvalue weighted by Gasteiger charge is 2.20. The molecular formula is C22H32N4O2S. The third-order valence-electron chi connectivity index (χ3n) is 5.13. The Morgan fingerprint density at radius 3 is 2.45 bits per heavy atom. The van der Waals surface area contributed by atoms with E-state index in [1.54, 1.807) is 0 Å². The van der Waals surface area contributed by atoms with Crippen molar-refractivity contribution in [2.24, 2.45) is 5.92 Å². The van der Waals surface area contributed by atoms with E-state index in [9.17, 15) is 4.79 Å². The lowest BCUT2D eigenvalue weighted by atomic mass is 10.2. The van der Waals surface area contributed by atoms with Gasteiger partial charge in [-0.1, -0.05) is 25.6 Å². The maximum Gasteiger partial charge on any atom is 0.237 e. The van der Waals surface area contributed by atoms with Crippen molar-refractivity contribution < 1.29 is 9.53 Å². The van der Waals surface area contributed by atoms with Crippen molar-refractivity contribution in [3.05, 3.63) is 35.7 Å². The number of benzene rings is 1. The monoisotopic (exact) mass is 416 g/mol. The molecule has 1 aliphatic rings. The maximum absolute atomic E-state index is 12.7. The zero-order chi connectivity index (χ0) is 21.0. The van der Waals surface area contributed by atoms with Crippen molar-refractivity contribution in [2.45, 2.75) is 51.6 Å². The molecule has 1 saturated heterocycles. The number of thioether (sulfide) groups is 1. The summed E-state index contributed by atoms with van der Waals surface area (Å²) in [5, 5.41) is 3.71. The van der Waals surface area contributed by atoms with Gasteiger partial charge in [-0.05, 0) is 51.0 Å². The molecule has 0 bridgehead atoms. The van der Waals surface area contributed by atoms with Gasteiger partial charge in [0.15, 0.2) is 5.16 Å². The van der Waals surface area contributed by atoms with Crippen molar-refractivity contribution in [2.75, 3.05) is 36.5 Å². The van der Waals surface area contributed by atoms with Gasteiger partial charge >= 0.3 is 0 Å². The molecule has 1 aromatic carbocycles. The normalized spacial score (nSPS) is 15.6. The highest BCUT2D eigenvalue weighted by atomic mass is 32.2. The number of imidazole rings is 1. The van der Waals surface area contributed by atoms with E-state index in [0.717, 1.165) is 55.1 Å². The molecule has 1 N–H and O–H groups in total. The van der Waals surface area contributed by atoms with Gasteiger partial charge in [-0.3, -0.25) is 4.79 Å². The van der Waals surface area contributed by atoms with Gasteiger partial charge in [0.2, 0.25) is 5.91 Å². The highest BCUT2D eigenvalue weighted by molar-refractivity contribution is 8.00. The molecular weight excluding hydrogens is 384 g/mol. The Morgan fingerprint density at radius 1 is 1.17 bits per heavy atom. The summed E-state index contributed by atoms with van der Waals surface area (Å²) >= 11 is 1.52.